The molecule has 1 aromatic rings. The molecule has 0 radical (unpaired) electrons. The Morgan fingerprint density at radius 1 is 1.50 bits per heavy atom. The van der Waals surface area contributed by atoms with Crippen LogP contribution in [0.3, 0.4) is 0 Å². The van der Waals surface area contributed by atoms with Crippen molar-refractivity contribution in [1.82, 2.24) is 4.90 Å². The van der Waals surface area contributed by atoms with Crippen LogP contribution in [0, 0.1) is 16.7 Å². The molecular weight excluding hydrogens is 270 g/mol. The summed E-state index contributed by atoms with van der Waals surface area (Å²) in [6.07, 6.45) is 2.48. The Labute approximate surface area is 123 Å². The van der Waals surface area contributed by atoms with E-state index in [2.05, 4.69) is 25.2 Å². The SMILES string of the molecule is CNc1sc2c(c1C#N)CC1CC(C)(C)CC(=O)N1C2. The molecule has 1 N–H and O–H groups in total. The Morgan fingerprint density at radius 3 is 2.90 bits per heavy atom. The quantitative estimate of drug-likeness (QED) is 0.865. The highest BCUT2D eigenvalue weighted by molar-refractivity contribution is 7.16. The molecular formula is C15H19N3OS. The van der Waals surface area contributed by atoms with Gasteiger partial charge in [-0.05, 0) is 23.8 Å². The van der Waals surface area contributed by atoms with Crippen molar-refractivity contribution in [3.63, 3.8) is 0 Å². The molecule has 1 fully saturated rings. The first kappa shape index (κ1) is 13.4. The zero-order valence-electron chi connectivity index (χ0n) is 12.1. The summed E-state index contributed by atoms with van der Waals surface area (Å²) in [5.41, 5.74) is 2.02. The van der Waals surface area contributed by atoms with E-state index < -0.39 is 0 Å². The van der Waals surface area contributed by atoms with Gasteiger partial charge >= 0.3 is 0 Å². The summed E-state index contributed by atoms with van der Waals surface area (Å²) < 4.78 is 0. The van der Waals surface area contributed by atoms with Gasteiger partial charge in [-0.2, -0.15) is 5.26 Å². The van der Waals surface area contributed by atoms with Crippen molar-refractivity contribution in [2.24, 2.45) is 5.41 Å². The number of rotatable bonds is 1. The van der Waals surface area contributed by atoms with Crippen LogP contribution >= 0.6 is 11.3 Å². The zero-order chi connectivity index (χ0) is 14.5. The maximum atomic E-state index is 12.3. The van der Waals surface area contributed by atoms with Gasteiger partial charge in [-0.3, -0.25) is 4.79 Å². The monoisotopic (exact) mass is 289 g/mol. The Morgan fingerprint density at radius 2 is 2.25 bits per heavy atom. The van der Waals surface area contributed by atoms with Crippen LogP contribution in [0.25, 0.3) is 0 Å². The normalized spacial score (nSPS) is 23.8. The van der Waals surface area contributed by atoms with Crippen molar-refractivity contribution in [2.45, 2.75) is 45.7 Å². The average Bonchev–Trinajstić information content (AvgIpc) is 2.72. The van der Waals surface area contributed by atoms with Crippen molar-refractivity contribution >= 4 is 22.2 Å². The van der Waals surface area contributed by atoms with E-state index in [1.807, 2.05) is 11.9 Å². The minimum atomic E-state index is 0.0738. The fraction of sp³-hybridized carbons (Fsp3) is 0.600. The number of amides is 1. The Balaban J connectivity index is 2.00. The first-order valence-electron chi connectivity index (χ1n) is 6.97. The molecule has 5 heteroatoms. The van der Waals surface area contributed by atoms with Gasteiger partial charge < -0.3 is 10.2 Å². The van der Waals surface area contributed by atoms with Gasteiger partial charge in [0.25, 0.3) is 0 Å². The standard InChI is InChI=1S/C15H19N3OS/c1-15(2)5-9-4-10-11(7-16)14(17-3)20-12(10)8-18(9)13(19)6-15/h9,17H,4-6,8H2,1-3H3. The fourth-order valence-electron chi connectivity index (χ4n) is 3.47. The van der Waals surface area contributed by atoms with Gasteiger partial charge in [-0.1, -0.05) is 13.8 Å². The van der Waals surface area contributed by atoms with Crippen molar-refractivity contribution in [1.29, 1.82) is 5.26 Å². The first-order valence-corrected chi connectivity index (χ1v) is 7.78. The molecule has 2 aliphatic heterocycles. The lowest BCUT2D eigenvalue weighted by Crippen LogP contribution is -2.51. The molecule has 0 spiro atoms. The molecule has 1 amide bonds. The lowest BCUT2D eigenvalue weighted by Gasteiger charge is -2.45. The number of nitrogens with one attached hydrogen (secondary N) is 1. The molecule has 0 aliphatic carbocycles. The molecule has 4 nitrogen and oxygen atoms in total. The summed E-state index contributed by atoms with van der Waals surface area (Å²) in [5.74, 6) is 0.259. The molecule has 1 aromatic heterocycles. The Hall–Kier alpha value is -1.54. The molecule has 1 atom stereocenters. The van der Waals surface area contributed by atoms with E-state index in [9.17, 15) is 10.1 Å². The minimum Gasteiger partial charge on any atom is -0.379 e. The maximum Gasteiger partial charge on any atom is 0.223 e. The summed E-state index contributed by atoms with van der Waals surface area (Å²) in [5, 5.41) is 13.4. The third-order valence-electron chi connectivity index (χ3n) is 4.36. The summed E-state index contributed by atoms with van der Waals surface area (Å²) >= 11 is 1.62. The van der Waals surface area contributed by atoms with Gasteiger partial charge in [-0.15, -0.1) is 11.3 Å². The van der Waals surface area contributed by atoms with Crippen molar-refractivity contribution in [3.8, 4) is 6.07 Å². The molecule has 1 unspecified atom stereocenters. The highest BCUT2D eigenvalue weighted by atomic mass is 32.1. The summed E-state index contributed by atoms with van der Waals surface area (Å²) in [6, 6.07) is 2.58. The van der Waals surface area contributed by atoms with Gasteiger partial charge in [0.1, 0.15) is 11.1 Å². The van der Waals surface area contributed by atoms with E-state index in [1.54, 1.807) is 11.3 Å². The molecule has 0 aromatic carbocycles. The van der Waals surface area contributed by atoms with Crippen molar-refractivity contribution in [3.05, 3.63) is 16.0 Å². The maximum absolute atomic E-state index is 12.3. The van der Waals surface area contributed by atoms with Crippen LogP contribution in [-0.2, 0) is 17.8 Å². The smallest absolute Gasteiger partial charge is 0.223 e. The number of hydrogen-bond donors (Lipinski definition) is 1. The third kappa shape index (κ3) is 1.99. The molecule has 1 saturated heterocycles. The lowest BCUT2D eigenvalue weighted by molar-refractivity contribution is -0.142. The predicted octanol–water partition coefficient (Wildman–Crippen LogP) is 2.73. The van der Waals surface area contributed by atoms with Crippen molar-refractivity contribution in [2.75, 3.05) is 12.4 Å². The molecule has 0 saturated carbocycles. The highest BCUT2D eigenvalue weighted by Gasteiger charge is 2.42. The lowest BCUT2D eigenvalue weighted by atomic mass is 9.75. The molecule has 3 rings (SSSR count). The predicted molar refractivity (Wildman–Crippen MR) is 79.6 cm³/mol. The Kier molecular flexibility index (Phi) is 3.02. The van der Waals surface area contributed by atoms with Crippen LogP contribution in [0.4, 0.5) is 5.00 Å². The van der Waals surface area contributed by atoms with Gasteiger partial charge in [0.2, 0.25) is 5.91 Å². The number of thiophene rings is 1. The average molecular weight is 289 g/mol. The molecule has 0 bridgehead atoms. The van der Waals surface area contributed by atoms with Gasteiger partial charge in [0, 0.05) is 24.4 Å². The number of nitrogens with zero attached hydrogens (tertiary/aromatic N) is 2. The van der Waals surface area contributed by atoms with Crippen LogP contribution in [0.2, 0.25) is 0 Å². The van der Waals surface area contributed by atoms with E-state index in [4.69, 9.17) is 0 Å². The Bertz CT molecular complexity index is 611. The number of hydrogen-bond acceptors (Lipinski definition) is 4. The second-order valence-electron chi connectivity index (χ2n) is 6.49. The largest absolute Gasteiger partial charge is 0.379 e. The van der Waals surface area contributed by atoms with Gasteiger partial charge in [-0.25, -0.2) is 0 Å². The van der Waals surface area contributed by atoms with Crippen LogP contribution in [0.1, 0.15) is 42.7 Å². The van der Waals surface area contributed by atoms with E-state index in [-0.39, 0.29) is 17.4 Å². The highest BCUT2D eigenvalue weighted by Crippen LogP contribution is 2.43. The van der Waals surface area contributed by atoms with Gasteiger partial charge in [0.05, 0.1) is 12.1 Å². The van der Waals surface area contributed by atoms with Crippen LogP contribution in [0.5, 0.6) is 0 Å². The van der Waals surface area contributed by atoms with E-state index in [0.717, 1.165) is 29.0 Å². The summed E-state index contributed by atoms with van der Waals surface area (Å²) in [7, 11) is 1.85. The number of fused-ring (bicyclic) bond motifs is 2. The number of carbonyl (C=O) groups excluding carboxylic acids is 1. The number of carbonyl (C=O) groups is 1. The first-order chi connectivity index (χ1) is 9.45. The summed E-state index contributed by atoms with van der Waals surface area (Å²) in [6.45, 7) is 5.00. The fourth-order valence-corrected chi connectivity index (χ4v) is 4.61. The van der Waals surface area contributed by atoms with E-state index >= 15 is 0 Å². The molecule has 2 aliphatic rings. The molecule has 20 heavy (non-hydrogen) atoms. The number of anilines is 1. The second-order valence-corrected chi connectivity index (χ2v) is 7.60. The van der Waals surface area contributed by atoms with Crippen LogP contribution in [0.15, 0.2) is 0 Å². The van der Waals surface area contributed by atoms with E-state index in [0.29, 0.717) is 13.0 Å². The van der Waals surface area contributed by atoms with Crippen LogP contribution in [-0.4, -0.2) is 23.9 Å². The number of nitriles is 1. The van der Waals surface area contributed by atoms with Gasteiger partial charge in [0.15, 0.2) is 0 Å². The van der Waals surface area contributed by atoms with Crippen molar-refractivity contribution < 1.29 is 4.79 Å². The topological polar surface area (TPSA) is 56.1 Å². The third-order valence-corrected chi connectivity index (χ3v) is 5.60. The minimum absolute atomic E-state index is 0.0738. The molecule has 3 heterocycles. The van der Waals surface area contributed by atoms with Crippen LogP contribution < -0.4 is 5.32 Å². The molecule has 106 valence electrons. The summed E-state index contributed by atoms with van der Waals surface area (Å²) in [4.78, 5) is 15.5. The zero-order valence-corrected chi connectivity index (χ0v) is 12.9. The second kappa shape index (κ2) is 4.49. The number of piperidine rings is 1. The van der Waals surface area contributed by atoms with E-state index in [1.165, 1.54) is 4.88 Å².